The van der Waals surface area contributed by atoms with Crippen molar-refractivity contribution in [3.63, 3.8) is 0 Å². The lowest BCUT2D eigenvalue weighted by Crippen LogP contribution is -2.30. The lowest BCUT2D eigenvalue weighted by Gasteiger charge is -2.18. The van der Waals surface area contributed by atoms with Crippen molar-refractivity contribution in [2.75, 3.05) is 13.2 Å². The largest absolute Gasteiger partial charge is 0.462 e. The lowest BCUT2D eigenvalue weighted by molar-refractivity contribution is -0.167. The minimum atomic E-state index is -0.796. The van der Waals surface area contributed by atoms with Gasteiger partial charge in [0, 0.05) is 19.3 Å². The van der Waals surface area contributed by atoms with Crippen molar-refractivity contribution in [2.24, 2.45) is 0 Å². The summed E-state index contributed by atoms with van der Waals surface area (Å²) in [5, 5.41) is 0. The molecular weight excluding hydrogens is 733 g/mol. The summed E-state index contributed by atoms with van der Waals surface area (Å²) >= 11 is 0. The monoisotopic (exact) mass is 821 g/mol. The van der Waals surface area contributed by atoms with Crippen LogP contribution in [0.2, 0.25) is 0 Å². The number of hydrogen-bond acceptors (Lipinski definition) is 6. The van der Waals surface area contributed by atoms with Gasteiger partial charge in [-0.3, -0.25) is 14.4 Å². The second kappa shape index (κ2) is 47.3. The summed E-state index contributed by atoms with van der Waals surface area (Å²) in [7, 11) is 0. The molecule has 0 radical (unpaired) electrons. The summed E-state index contributed by atoms with van der Waals surface area (Å²) in [5.74, 6) is -0.955. The van der Waals surface area contributed by atoms with E-state index in [9.17, 15) is 14.4 Å². The zero-order valence-corrected chi connectivity index (χ0v) is 38.2. The van der Waals surface area contributed by atoms with Crippen molar-refractivity contribution < 1.29 is 28.6 Å². The molecule has 0 aromatic heterocycles. The topological polar surface area (TPSA) is 78.9 Å². The molecule has 0 N–H and O–H groups in total. The number of unbranched alkanes of at least 4 members (excludes halogenated alkanes) is 17. The minimum absolute atomic E-state index is 0.0960. The molecule has 0 aliphatic rings. The summed E-state index contributed by atoms with van der Waals surface area (Å²) in [5.41, 5.74) is 0. The molecule has 0 unspecified atom stereocenters. The first-order valence-electron chi connectivity index (χ1n) is 24.1. The lowest BCUT2D eigenvalue weighted by atomic mass is 10.1. The van der Waals surface area contributed by atoms with Crippen LogP contribution in [0.25, 0.3) is 0 Å². The normalized spacial score (nSPS) is 12.8. The highest BCUT2D eigenvalue weighted by atomic mass is 16.6. The van der Waals surface area contributed by atoms with Crippen LogP contribution in [0.3, 0.4) is 0 Å². The van der Waals surface area contributed by atoms with E-state index in [0.717, 1.165) is 122 Å². The average Bonchev–Trinajstić information content (AvgIpc) is 3.23. The van der Waals surface area contributed by atoms with E-state index < -0.39 is 6.10 Å². The van der Waals surface area contributed by atoms with Gasteiger partial charge < -0.3 is 14.2 Å². The van der Waals surface area contributed by atoms with Gasteiger partial charge in [0.1, 0.15) is 13.2 Å². The average molecular weight is 821 g/mol. The van der Waals surface area contributed by atoms with Crippen LogP contribution >= 0.6 is 0 Å². The van der Waals surface area contributed by atoms with Crippen LogP contribution in [0.4, 0.5) is 0 Å². The van der Waals surface area contributed by atoms with Gasteiger partial charge in [0.2, 0.25) is 0 Å². The Kier molecular flexibility index (Phi) is 44.5. The summed E-state index contributed by atoms with van der Waals surface area (Å²) in [6, 6.07) is 0. The van der Waals surface area contributed by atoms with Crippen molar-refractivity contribution in [3.05, 3.63) is 85.1 Å². The minimum Gasteiger partial charge on any atom is -0.462 e. The van der Waals surface area contributed by atoms with Crippen LogP contribution < -0.4 is 0 Å². The van der Waals surface area contributed by atoms with Gasteiger partial charge in [0.05, 0.1) is 0 Å². The number of rotatable bonds is 42. The van der Waals surface area contributed by atoms with Crippen LogP contribution in [0.5, 0.6) is 0 Å². The molecule has 0 bridgehead atoms. The molecule has 0 aliphatic heterocycles. The van der Waals surface area contributed by atoms with Crippen molar-refractivity contribution in [3.8, 4) is 0 Å². The Morgan fingerprint density at radius 1 is 0.356 bits per heavy atom. The van der Waals surface area contributed by atoms with E-state index >= 15 is 0 Å². The third kappa shape index (κ3) is 45.5. The first kappa shape index (κ1) is 55.6. The molecule has 1 atom stereocenters. The molecule has 0 fully saturated rings. The van der Waals surface area contributed by atoms with Crippen molar-refractivity contribution in [1.29, 1.82) is 0 Å². The van der Waals surface area contributed by atoms with E-state index in [1.54, 1.807) is 0 Å². The third-order valence-electron chi connectivity index (χ3n) is 9.85. The van der Waals surface area contributed by atoms with Gasteiger partial charge in [0.15, 0.2) is 6.10 Å². The van der Waals surface area contributed by atoms with E-state index in [-0.39, 0.29) is 31.1 Å². The van der Waals surface area contributed by atoms with Crippen LogP contribution in [0.15, 0.2) is 85.1 Å². The van der Waals surface area contributed by atoms with E-state index in [4.69, 9.17) is 14.2 Å². The summed E-state index contributed by atoms with van der Waals surface area (Å²) in [6.07, 6.45) is 59.9. The van der Waals surface area contributed by atoms with Gasteiger partial charge in [-0.25, -0.2) is 0 Å². The zero-order valence-electron chi connectivity index (χ0n) is 38.2. The predicted octanol–water partition coefficient (Wildman–Crippen LogP) is 15.6. The van der Waals surface area contributed by atoms with E-state index in [0.29, 0.717) is 19.3 Å². The molecule has 0 spiro atoms. The zero-order chi connectivity index (χ0) is 43.0. The fourth-order valence-corrected chi connectivity index (χ4v) is 6.19. The van der Waals surface area contributed by atoms with Crippen LogP contribution in [0, 0.1) is 0 Å². The maximum Gasteiger partial charge on any atom is 0.306 e. The number of carbonyl (C=O) groups excluding carboxylic acids is 3. The standard InChI is InChI=1S/C53H88O6/c1-4-7-10-13-16-19-22-23-24-25-26-27-28-29-32-34-37-40-43-46-52(55)58-49-50(59-53(56)47-44-41-38-35-31-21-18-15-12-9-6-3)48-57-51(54)45-42-39-36-33-30-20-17-14-11-8-5-2/h7,10,14-19,23-24,26-27,29,32,50H,4-6,8-9,11-13,20-22,25,28,30-31,33-49H2,1-3H3/b10-7-,17-14-,18-15-,19-16-,24-23-,27-26-,32-29-/t50-/m1/s1. The van der Waals surface area contributed by atoms with Crippen molar-refractivity contribution in [2.45, 2.75) is 219 Å². The van der Waals surface area contributed by atoms with Gasteiger partial charge >= 0.3 is 17.9 Å². The molecule has 6 heteroatoms. The van der Waals surface area contributed by atoms with Crippen molar-refractivity contribution in [1.82, 2.24) is 0 Å². The van der Waals surface area contributed by atoms with E-state index in [2.05, 4.69) is 106 Å². The fraction of sp³-hybridized carbons (Fsp3) is 0.679. The first-order valence-corrected chi connectivity index (χ1v) is 24.1. The van der Waals surface area contributed by atoms with Crippen LogP contribution in [-0.4, -0.2) is 37.2 Å². The third-order valence-corrected chi connectivity index (χ3v) is 9.85. The molecule has 0 aromatic rings. The van der Waals surface area contributed by atoms with Gasteiger partial charge in [-0.05, 0) is 103 Å². The fourth-order valence-electron chi connectivity index (χ4n) is 6.19. The van der Waals surface area contributed by atoms with Gasteiger partial charge in [0.25, 0.3) is 0 Å². The summed E-state index contributed by atoms with van der Waals surface area (Å²) < 4.78 is 16.7. The number of hydrogen-bond donors (Lipinski definition) is 0. The number of carbonyl (C=O) groups is 3. The molecule has 0 aromatic carbocycles. The van der Waals surface area contributed by atoms with Gasteiger partial charge in [-0.2, -0.15) is 0 Å². The first-order chi connectivity index (χ1) is 29.0. The van der Waals surface area contributed by atoms with E-state index in [1.807, 2.05) is 0 Å². The maximum absolute atomic E-state index is 12.7. The Bertz CT molecular complexity index is 1170. The second-order valence-electron chi connectivity index (χ2n) is 15.6. The molecule has 0 rings (SSSR count). The van der Waals surface area contributed by atoms with Crippen LogP contribution in [0.1, 0.15) is 213 Å². The molecule has 0 saturated heterocycles. The Balaban J connectivity index is 4.43. The van der Waals surface area contributed by atoms with Crippen molar-refractivity contribution >= 4 is 17.9 Å². The molecule has 6 nitrogen and oxygen atoms in total. The van der Waals surface area contributed by atoms with Crippen LogP contribution in [-0.2, 0) is 28.6 Å². The predicted molar refractivity (Wildman–Crippen MR) is 251 cm³/mol. The Labute approximate surface area is 363 Å². The highest BCUT2D eigenvalue weighted by molar-refractivity contribution is 5.71. The van der Waals surface area contributed by atoms with E-state index in [1.165, 1.54) is 51.4 Å². The highest BCUT2D eigenvalue weighted by Crippen LogP contribution is 2.13. The summed E-state index contributed by atoms with van der Waals surface area (Å²) in [6.45, 7) is 6.38. The summed E-state index contributed by atoms with van der Waals surface area (Å²) in [4.78, 5) is 37.8. The molecule has 59 heavy (non-hydrogen) atoms. The van der Waals surface area contributed by atoms with Gasteiger partial charge in [-0.1, -0.05) is 176 Å². The number of ether oxygens (including phenoxy) is 3. The second-order valence-corrected chi connectivity index (χ2v) is 15.6. The molecule has 336 valence electrons. The molecule has 0 saturated carbocycles. The molecule has 0 aliphatic carbocycles. The SMILES string of the molecule is CC/C=C\C/C=C\C/C=C\C/C=C\C/C=C\CCCCCC(=O)OC[C@@H](COC(=O)CCCCCCC/C=C\CCCC)OC(=O)CCCCCCC/C=C\CCCC. The highest BCUT2D eigenvalue weighted by Gasteiger charge is 2.19. The quantitative estimate of drug-likeness (QED) is 0.0264. The Hall–Kier alpha value is -3.41. The molecule has 0 heterocycles. The molecular formula is C53H88O6. The molecule has 0 amide bonds. The maximum atomic E-state index is 12.7. The Morgan fingerprint density at radius 3 is 1.07 bits per heavy atom. The van der Waals surface area contributed by atoms with Gasteiger partial charge in [-0.15, -0.1) is 0 Å². The smallest absolute Gasteiger partial charge is 0.306 e. The Morgan fingerprint density at radius 2 is 0.661 bits per heavy atom. The number of esters is 3. The number of allylic oxidation sites excluding steroid dienone is 14.